The average Bonchev–Trinajstić information content (AvgIpc) is 2.00. The molecule has 2 unspecified atom stereocenters. The van der Waals surface area contributed by atoms with Crippen molar-refractivity contribution in [2.75, 3.05) is 7.11 Å². The molecule has 0 saturated carbocycles. The second kappa shape index (κ2) is 5.49. The molecule has 0 bridgehead atoms. The van der Waals surface area contributed by atoms with Crippen molar-refractivity contribution in [1.29, 1.82) is 0 Å². The Morgan fingerprint density at radius 1 is 1.50 bits per heavy atom. The molecule has 3 N–H and O–H groups in total. The van der Waals surface area contributed by atoms with Gasteiger partial charge < -0.3 is 4.74 Å². The van der Waals surface area contributed by atoms with E-state index < -0.39 is 0 Å². The molecule has 0 aromatic carbocycles. The summed E-state index contributed by atoms with van der Waals surface area (Å²) in [5.41, 5.74) is 3.99. The van der Waals surface area contributed by atoms with Crippen molar-refractivity contribution < 1.29 is 4.74 Å². The van der Waals surface area contributed by atoms with Gasteiger partial charge in [-0.3, -0.25) is 11.3 Å². The van der Waals surface area contributed by atoms with Gasteiger partial charge in [-0.1, -0.05) is 26.3 Å². The lowest BCUT2D eigenvalue weighted by atomic mass is 9.83. The minimum Gasteiger partial charge on any atom is -0.379 e. The first kappa shape index (κ1) is 13.6. The minimum atomic E-state index is 0.0707. The number of ether oxygens (including phenoxy) is 1. The zero-order valence-corrected chi connectivity index (χ0v) is 10.1. The van der Waals surface area contributed by atoms with Gasteiger partial charge in [0.25, 0.3) is 0 Å². The first-order chi connectivity index (χ1) is 6.32. The van der Waals surface area contributed by atoms with Crippen LogP contribution in [0.5, 0.6) is 0 Å². The van der Waals surface area contributed by atoms with Gasteiger partial charge in [-0.25, -0.2) is 0 Å². The molecule has 2 atom stereocenters. The Morgan fingerprint density at radius 2 is 2.00 bits per heavy atom. The SMILES string of the molecule is C=C(C)CC(NN)C(OC)C(C)(C)C. The van der Waals surface area contributed by atoms with Crippen molar-refractivity contribution in [2.24, 2.45) is 11.3 Å². The van der Waals surface area contributed by atoms with E-state index in [1.807, 2.05) is 6.92 Å². The lowest BCUT2D eigenvalue weighted by Crippen LogP contribution is -2.50. The number of hydrogen-bond acceptors (Lipinski definition) is 3. The van der Waals surface area contributed by atoms with Gasteiger partial charge in [0, 0.05) is 7.11 Å². The van der Waals surface area contributed by atoms with Gasteiger partial charge >= 0.3 is 0 Å². The van der Waals surface area contributed by atoms with Gasteiger partial charge in [-0.05, 0) is 18.8 Å². The van der Waals surface area contributed by atoms with Gasteiger partial charge in [0.15, 0.2) is 0 Å². The van der Waals surface area contributed by atoms with Crippen LogP contribution in [0.3, 0.4) is 0 Å². The summed E-state index contributed by atoms with van der Waals surface area (Å²) in [6, 6.07) is 0.123. The topological polar surface area (TPSA) is 47.3 Å². The van der Waals surface area contributed by atoms with E-state index in [0.29, 0.717) is 0 Å². The monoisotopic (exact) mass is 200 g/mol. The second-order valence-electron chi connectivity index (χ2n) is 4.96. The van der Waals surface area contributed by atoms with E-state index >= 15 is 0 Å². The molecule has 84 valence electrons. The Labute approximate surface area is 87.7 Å². The number of nitrogens with two attached hydrogens (primary N) is 1. The van der Waals surface area contributed by atoms with Crippen LogP contribution in [0.4, 0.5) is 0 Å². The first-order valence-corrected chi connectivity index (χ1v) is 4.96. The predicted molar refractivity (Wildman–Crippen MR) is 60.8 cm³/mol. The smallest absolute Gasteiger partial charge is 0.0788 e. The van der Waals surface area contributed by atoms with Crippen LogP contribution >= 0.6 is 0 Å². The van der Waals surface area contributed by atoms with Crippen LogP contribution in [0.15, 0.2) is 12.2 Å². The maximum absolute atomic E-state index is 5.52. The standard InChI is InChI=1S/C11H24N2O/c1-8(2)7-9(13-12)10(14-6)11(3,4)5/h9-10,13H,1,7,12H2,2-6H3. The van der Waals surface area contributed by atoms with Crippen molar-refractivity contribution in [3.8, 4) is 0 Å². The highest BCUT2D eigenvalue weighted by Crippen LogP contribution is 2.26. The molecule has 0 radical (unpaired) electrons. The van der Waals surface area contributed by atoms with Gasteiger partial charge in [-0.15, -0.1) is 6.58 Å². The molecule has 0 saturated heterocycles. The molecule has 0 aliphatic rings. The van der Waals surface area contributed by atoms with Gasteiger partial charge in [0.1, 0.15) is 0 Å². The number of nitrogens with one attached hydrogen (secondary N) is 1. The molecule has 0 heterocycles. The molecule has 3 nitrogen and oxygen atoms in total. The van der Waals surface area contributed by atoms with Crippen LogP contribution in [0.1, 0.15) is 34.1 Å². The van der Waals surface area contributed by atoms with E-state index in [-0.39, 0.29) is 17.6 Å². The van der Waals surface area contributed by atoms with Crippen LogP contribution in [-0.4, -0.2) is 19.3 Å². The Morgan fingerprint density at radius 3 is 2.21 bits per heavy atom. The lowest BCUT2D eigenvalue weighted by molar-refractivity contribution is -0.0110. The Balaban J connectivity index is 4.53. The maximum Gasteiger partial charge on any atom is 0.0788 e. The van der Waals surface area contributed by atoms with E-state index in [4.69, 9.17) is 10.6 Å². The third-order valence-corrected chi connectivity index (χ3v) is 2.26. The molecular weight excluding hydrogens is 176 g/mol. The number of hydrazine groups is 1. The average molecular weight is 200 g/mol. The quantitative estimate of drug-likeness (QED) is 0.404. The van der Waals surface area contributed by atoms with E-state index in [9.17, 15) is 0 Å². The summed E-state index contributed by atoms with van der Waals surface area (Å²) in [5.74, 6) is 5.52. The van der Waals surface area contributed by atoms with E-state index in [2.05, 4.69) is 32.8 Å². The molecule has 0 aliphatic heterocycles. The highest BCUT2D eigenvalue weighted by Gasteiger charge is 2.31. The van der Waals surface area contributed by atoms with E-state index in [1.54, 1.807) is 7.11 Å². The molecule has 3 heteroatoms. The lowest BCUT2D eigenvalue weighted by Gasteiger charge is -2.35. The summed E-state index contributed by atoms with van der Waals surface area (Å²) in [6.07, 6.45) is 0.927. The minimum absolute atomic E-state index is 0.0707. The third kappa shape index (κ3) is 4.22. The second-order valence-corrected chi connectivity index (χ2v) is 4.96. The Bertz CT molecular complexity index is 184. The van der Waals surface area contributed by atoms with Crippen molar-refractivity contribution in [1.82, 2.24) is 5.43 Å². The van der Waals surface area contributed by atoms with Crippen molar-refractivity contribution in [2.45, 2.75) is 46.3 Å². The molecule has 0 fully saturated rings. The van der Waals surface area contributed by atoms with Crippen LogP contribution in [0, 0.1) is 5.41 Å². The van der Waals surface area contributed by atoms with Gasteiger partial charge in [0.05, 0.1) is 12.1 Å². The van der Waals surface area contributed by atoms with E-state index in [1.165, 1.54) is 0 Å². The highest BCUT2D eigenvalue weighted by atomic mass is 16.5. The summed E-state index contributed by atoms with van der Waals surface area (Å²) in [4.78, 5) is 0. The first-order valence-electron chi connectivity index (χ1n) is 4.96. The van der Waals surface area contributed by atoms with Gasteiger partial charge in [0.2, 0.25) is 0 Å². The summed E-state index contributed by atoms with van der Waals surface area (Å²) in [5, 5.41) is 0. The van der Waals surface area contributed by atoms with Crippen LogP contribution in [0.25, 0.3) is 0 Å². The fraction of sp³-hybridized carbons (Fsp3) is 0.818. The zero-order chi connectivity index (χ0) is 11.4. The molecule has 0 aromatic heterocycles. The molecule has 14 heavy (non-hydrogen) atoms. The van der Waals surface area contributed by atoms with Gasteiger partial charge in [-0.2, -0.15) is 0 Å². The Kier molecular flexibility index (Phi) is 5.34. The molecule has 0 amide bonds. The highest BCUT2D eigenvalue weighted by molar-refractivity contribution is 4.97. The summed E-state index contributed by atoms with van der Waals surface area (Å²) >= 11 is 0. The number of methoxy groups -OCH3 is 1. The normalized spacial score (nSPS) is 16.4. The molecular formula is C11H24N2O. The predicted octanol–water partition coefficient (Wildman–Crippen LogP) is 1.85. The van der Waals surface area contributed by atoms with E-state index in [0.717, 1.165) is 12.0 Å². The Hall–Kier alpha value is -0.380. The fourth-order valence-corrected chi connectivity index (χ4v) is 1.75. The van der Waals surface area contributed by atoms with Crippen LogP contribution in [-0.2, 0) is 4.74 Å². The number of rotatable bonds is 5. The number of hydrogen-bond donors (Lipinski definition) is 2. The van der Waals surface area contributed by atoms with Crippen molar-refractivity contribution >= 4 is 0 Å². The maximum atomic E-state index is 5.52. The van der Waals surface area contributed by atoms with Crippen molar-refractivity contribution in [3.05, 3.63) is 12.2 Å². The molecule has 0 spiro atoms. The van der Waals surface area contributed by atoms with Crippen LogP contribution in [0.2, 0.25) is 0 Å². The largest absolute Gasteiger partial charge is 0.379 e. The zero-order valence-electron chi connectivity index (χ0n) is 10.1. The molecule has 0 aromatic rings. The fourth-order valence-electron chi connectivity index (χ4n) is 1.75. The summed E-state index contributed by atoms with van der Waals surface area (Å²) in [7, 11) is 1.72. The van der Waals surface area contributed by atoms with Crippen LogP contribution < -0.4 is 11.3 Å². The molecule has 0 rings (SSSR count). The molecule has 0 aliphatic carbocycles. The summed E-state index contributed by atoms with van der Waals surface area (Å²) < 4.78 is 5.49. The van der Waals surface area contributed by atoms with Crippen molar-refractivity contribution in [3.63, 3.8) is 0 Å². The summed E-state index contributed by atoms with van der Waals surface area (Å²) in [6.45, 7) is 12.3. The third-order valence-electron chi connectivity index (χ3n) is 2.26.